The summed E-state index contributed by atoms with van der Waals surface area (Å²) in [4.78, 5) is 0. The summed E-state index contributed by atoms with van der Waals surface area (Å²) < 4.78 is 0. The van der Waals surface area contributed by atoms with Gasteiger partial charge in [-0.3, -0.25) is 10.8 Å². The third kappa shape index (κ3) is 8.94. The number of hydrogen-bond donors (Lipinski definition) is 4. The van der Waals surface area contributed by atoms with Gasteiger partial charge in [0.05, 0.1) is 11.7 Å². The van der Waals surface area contributed by atoms with E-state index in [2.05, 4.69) is 0 Å². The molecule has 0 fully saturated rings. The van der Waals surface area contributed by atoms with Crippen LogP contribution in [0.1, 0.15) is 38.5 Å². The van der Waals surface area contributed by atoms with Crippen molar-refractivity contribution in [1.29, 1.82) is 10.8 Å². The van der Waals surface area contributed by atoms with E-state index in [4.69, 9.17) is 22.3 Å². The van der Waals surface area contributed by atoms with Crippen molar-refractivity contribution in [3.8, 4) is 0 Å². The molecule has 0 heterocycles. The van der Waals surface area contributed by atoms with Gasteiger partial charge in [-0.15, -0.1) is 0 Å². The lowest BCUT2D eigenvalue weighted by Crippen LogP contribution is -2.09. The van der Waals surface area contributed by atoms with Crippen LogP contribution >= 0.6 is 0 Å². The standard InChI is InChI=1S/C8H18N4/c9-7(10)5-3-1-2-4-6-8(11)12/h1-6H2,(H3,9,10)(H3,11,12). The molecule has 0 bridgehead atoms. The Hall–Kier alpha value is -1.06. The Morgan fingerprint density at radius 3 is 1.33 bits per heavy atom. The van der Waals surface area contributed by atoms with Crippen LogP contribution in [-0.4, -0.2) is 11.7 Å². The van der Waals surface area contributed by atoms with E-state index >= 15 is 0 Å². The lowest BCUT2D eigenvalue weighted by molar-refractivity contribution is 0.663. The fourth-order valence-corrected chi connectivity index (χ4v) is 0.984. The summed E-state index contributed by atoms with van der Waals surface area (Å²) in [7, 11) is 0. The fourth-order valence-electron chi connectivity index (χ4n) is 0.984. The number of rotatable bonds is 7. The Labute approximate surface area is 73.3 Å². The highest BCUT2D eigenvalue weighted by atomic mass is 14.7. The third-order valence-electron chi connectivity index (χ3n) is 1.64. The Morgan fingerprint density at radius 2 is 1.08 bits per heavy atom. The van der Waals surface area contributed by atoms with Crippen LogP contribution in [0.4, 0.5) is 0 Å². The molecule has 0 amide bonds. The van der Waals surface area contributed by atoms with Crippen molar-refractivity contribution in [2.45, 2.75) is 38.5 Å². The van der Waals surface area contributed by atoms with Crippen LogP contribution in [0.3, 0.4) is 0 Å². The molecule has 0 atom stereocenters. The molecule has 0 unspecified atom stereocenters. The van der Waals surface area contributed by atoms with Crippen LogP contribution in [0.2, 0.25) is 0 Å². The molecule has 0 aromatic heterocycles. The predicted molar refractivity (Wildman–Crippen MR) is 51.5 cm³/mol. The first-order chi connectivity index (χ1) is 5.63. The number of hydrogen-bond acceptors (Lipinski definition) is 2. The SMILES string of the molecule is N=C(N)CCCCCCC(=N)N. The maximum atomic E-state index is 6.97. The molecule has 0 aliphatic rings. The highest BCUT2D eigenvalue weighted by molar-refractivity contribution is 5.77. The average molecular weight is 170 g/mol. The average Bonchev–Trinajstić information content (AvgIpc) is 1.95. The molecule has 0 radical (unpaired) electrons. The summed E-state index contributed by atoms with van der Waals surface area (Å²) in [6, 6.07) is 0. The second kappa shape index (κ2) is 6.64. The summed E-state index contributed by atoms with van der Waals surface area (Å²) in [5.41, 5.74) is 10.4. The smallest absolute Gasteiger partial charge is 0.0905 e. The first-order valence-corrected chi connectivity index (χ1v) is 4.28. The summed E-state index contributed by atoms with van der Waals surface area (Å²) in [6.45, 7) is 0. The molecule has 0 rings (SSSR count). The van der Waals surface area contributed by atoms with Crippen LogP contribution in [-0.2, 0) is 0 Å². The Bertz CT molecular complexity index is 135. The first kappa shape index (κ1) is 10.9. The molecule has 4 heteroatoms. The molecule has 0 aliphatic carbocycles. The molecule has 0 aromatic rings. The number of unbranched alkanes of at least 4 members (excludes halogenated alkanes) is 3. The quantitative estimate of drug-likeness (QED) is 0.262. The predicted octanol–water partition coefficient (Wildman–Crippen LogP) is 1.20. The van der Waals surface area contributed by atoms with Gasteiger partial charge in [0, 0.05) is 12.8 Å². The van der Waals surface area contributed by atoms with Crippen LogP contribution in [0.5, 0.6) is 0 Å². The molecule has 0 saturated heterocycles. The zero-order chi connectivity index (χ0) is 9.40. The fraction of sp³-hybridized carbons (Fsp3) is 0.750. The van der Waals surface area contributed by atoms with E-state index in [9.17, 15) is 0 Å². The van der Waals surface area contributed by atoms with Gasteiger partial charge in [-0.2, -0.15) is 0 Å². The monoisotopic (exact) mass is 170 g/mol. The molecule has 6 N–H and O–H groups in total. The van der Waals surface area contributed by atoms with E-state index in [0.717, 1.165) is 25.7 Å². The second-order valence-electron chi connectivity index (χ2n) is 2.96. The molecule has 0 saturated carbocycles. The third-order valence-corrected chi connectivity index (χ3v) is 1.64. The molecular weight excluding hydrogens is 152 g/mol. The van der Waals surface area contributed by atoms with Crippen molar-refractivity contribution in [2.75, 3.05) is 0 Å². The molecule has 0 aromatic carbocycles. The zero-order valence-electron chi connectivity index (χ0n) is 7.40. The van der Waals surface area contributed by atoms with Crippen molar-refractivity contribution < 1.29 is 0 Å². The van der Waals surface area contributed by atoms with Crippen LogP contribution in [0.25, 0.3) is 0 Å². The summed E-state index contributed by atoms with van der Waals surface area (Å²) in [5, 5.41) is 13.9. The molecular formula is C8H18N4. The van der Waals surface area contributed by atoms with Gasteiger partial charge in [-0.05, 0) is 12.8 Å². The Kier molecular flexibility index (Phi) is 6.05. The van der Waals surface area contributed by atoms with Gasteiger partial charge in [0.15, 0.2) is 0 Å². The lowest BCUT2D eigenvalue weighted by Gasteiger charge is -1.99. The van der Waals surface area contributed by atoms with E-state index < -0.39 is 0 Å². The van der Waals surface area contributed by atoms with Crippen LogP contribution < -0.4 is 11.5 Å². The minimum absolute atomic E-state index is 0.265. The van der Waals surface area contributed by atoms with Gasteiger partial charge in [-0.25, -0.2) is 0 Å². The van der Waals surface area contributed by atoms with E-state index in [1.165, 1.54) is 0 Å². The Morgan fingerprint density at radius 1 is 0.750 bits per heavy atom. The molecule has 0 aliphatic heterocycles. The van der Waals surface area contributed by atoms with Gasteiger partial charge in [0.25, 0.3) is 0 Å². The van der Waals surface area contributed by atoms with Gasteiger partial charge in [-0.1, -0.05) is 12.8 Å². The van der Waals surface area contributed by atoms with Gasteiger partial charge in [0.1, 0.15) is 0 Å². The highest BCUT2D eigenvalue weighted by Crippen LogP contribution is 2.04. The van der Waals surface area contributed by atoms with E-state index in [1.807, 2.05) is 0 Å². The highest BCUT2D eigenvalue weighted by Gasteiger charge is 1.93. The van der Waals surface area contributed by atoms with Crippen molar-refractivity contribution >= 4 is 11.7 Å². The summed E-state index contributed by atoms with van der Waals surface area (Å²) in [5.74, 6) is 0.531. The van der Waals surface area contributed by atoms with Gasteiger partial charge in [0.2, 0.25) is 0 Å². The van der Waals surface area contributed by atoms with Crippen molar-refractivity contribution in [3.63, 3.8) is 0 Å². The van der Waals surface area contributed by atoms with E-state index in [0.29, 0.717) is 12.8 Å². The zero-order valence-corrected chi connectivity index (χ0v) is 7.40. The molecule has 12 heavy (non-hydrogen) atoms. The normalized spacial score (nSPS) is 9.67. The minimum Gasteiger partial charge on any atom is -0.388 e. The first-order valence-electron chi connectivity index (χ1n) is 4.28. The Balaban J connectivity index is 3.01. The van der Waals surface area contributed by atoms with E-state index in [-0.39, 0.29) is 11.7 Å². The number of nitrogens with two attached hydrogens (primary N) is 2. The van der Waals surface area contributed by atoms with Gasteiger partial charge >= 0.3 is 0 Å². The molecule has 0 spiro atoms. The van der Waals surface area contributed by atoms with E-state index in [1.54, 1.807) is 0 Å². The summed E-state index contributed by atoms with van der Waals surface area (Å²) >= 11 is 0. The number of nitrogens with one attached hydrogen (secondary N) is 2. The molecule has 70 valence electrons. The maximum absolute atomic E-state index is 6.97. The largest absolute Gasteiger partial charge is 0.388 e. The lowest BCUT2D eigenvalue weighted by atomic mass is 10.1. The second-order valence-corrected chi connectivity index (χ2v) is 2.96. The number of amidine groups is 2. The summed E-state index contributed by atoms with van der Waals surface area (Å²) in [6.07, 6.45) is 5.50. The van der Waals surface area contributed by atoms with Crippen LogP contribution in [0, 0.1) is 10.8 Å². The molecule has 4 nitrogen and oxygen atoms in total. The maximum Gasteiger partial charge on any atom is 0.0905 e. The van der Waals surface area contributed by atoms with Crippen molar-refractivity contribution in [2.24, 2.45) is 11.5 Å². The van der Waals surface area contributed by atoms with Crippen molar-refractivity contribution in [3.05, 3.63) is 0 Å². The van der Waals surface area contributed by atoms with Gasteiger partial charge < -0.3 is 11.5 Å². The minimum atomic E-state index is 0.265. The topological polar surface area (TPSA) is 99.7 Å². The van der Waals surface area contributed by atoms with Crippen molar-refractivity contribution in [1.82, 2.24) is 0 Å². The van der Waals surface area contributed by atoms with Crippen LogP contribution in [0.15, 0.2) is 0 Å².